The number of nitrogens with zero attached hydrogens (tertiary/aromatic N) is 3. The fraction of sp³-hybridized carbons (Fsp3) is 0.250. The Balaban J connectivity index is 1.92. The van der Waals surface area contributed by atoms with E-state index in [1.54, 1.807) is 6.20 Å². The summed E-state index contributed by atoms with van der Waals surface area (Å²) >= 11 is 0. The smallest absolute Gasteiger partial charge is 0.335 e. The van der Waals surface area contributed by atoms with Gasteiger partial charge in [-0.3, -0.25) is 4.68 Å². The van der Waals surface area contributed by atoms with Crippen LogP contribution in [0.3, 0.4) is 0 Å². The predicted octanol–water partition coefficient (Wildman–Crippen LogP) is 1.17. The van der Waals surface area contributed by atoms with E-state index in [0.29, 0.717) is 12.4 Å². The third-order valence-electron chi connectivity index (χ3n) is 2.62. The number of hydrogen-bond acceptors (Lipinski definition) is 4. The average Bonchev–Trinajstić information content (AvgIpc) is 2.76. The Hall–Kier alpha value is -2.37. The van der Waals surface area contributed by atoms with Gasteiger partial charge in [-0.05, 0) is 18.2 Å². The minimum Gasteiger partial charge on any atom is -0.478 e. The number of carbonyl (C=O) groups is 1. The van der Waals surface area contributed by atoms with Gasteiger partial charge in [-0.25, -0.2) is 9.78 Å². The van der Waals surface area contributed by atoms with Crippen LogP contribution in [0.5, 0.6) is 0 Å². The van der Waals surface area contributed by atoms with E-state index in [-0.39, 0.29) is 5.56 Å². The van der Waals surface area contributed by atoms with Gasteiger partial charge in [0.15, 0.2) is 0 Å². The molecule has 0 unspecified atom stereocenters. The van der Waals surface area contributed by atoms with E-state index in [9.17, 15) is 4.79 Å². The normalized spacial score (nSPS) is 10.3. The van der Waals surface area contributed by atoms with E-state index in [1.165, 1.54) is 18.3 Å². The molecule has 0 aliphatic carbocycles. The summed E-state index contributed by atoms with van der Waals surface area (Å²) in [6.07, 6.45) is 4.03. The molecule has 0 bridgehead atoms. The minimum atomic E-state index is -0.952. The zero-order valence-corrected chi connectivity index (χ0v) is 10.00. The highest BCUT2D eigenvalue weighted by Crippen LogP contribution is 2.07. The first-order valence-corrected chi connectivity index (χ1v) is 5.57. The largest absolute Gasteiger partial charge is 0.478 e. The highest BCUT2D eigenvalue weighted by Gasteiger charge is 2.04. The molecular weight excluding hydrogens is 232 g/mol. The van der Waals surface area contributed by atoms with Crippen LogP contribution in [0.25, 0.3) is 0 Å². The zero-order chi connectivity index (χ0) is 13.0. The van der Waals surface area contributed by atoms with Gasteiger partial charge >= 0.3 is 5.97 Å². The van der Waals surface area contributed by atoms with Crippen molar-refractivity contribution >= 4 is 11.8 Å². The summed E-state index contributed by atoms with van der Waals surface area (Å²) in [4.78, 5) is 14.9. The van der Waals surface area contributed by atoms with E-state index < -0.39 is 5.97 Å². The number of carboxylic acid groups (broad SMARTS) is 1. The van der Waals surface area contributed by atoms with Gasteiger partial charge in [0.25, 0.3) is 0 Å². The van der Waals surface area contributed by atoms with Crippen molar-refractivity contribution in [2.75, 3.05) is 11.9 Å². The lowest BCUT2D eigenvalue weighted by molar-refractivity contribution is 0.0697. The second kappa shape index (κ2) is 5.31. The number of pyridine rings is 1. The third kappa shape index (κ3) is 2.85. The van der Waals surface area contributed by atoms with Crippen molar-refractivity contribution in [3.05, 3.63) is 41.9 Å². The molecule has 0 aliphatic rings. The summed E-state index contributed by atoms with van der Waals surface area (Å²) in [7, 11) is 1.89. The number of aromatic carboxylic acids is 1. The van der Waals surface area contributed by atoms with E-state index in [0.717, 1.165) is 12.1 Å². The first kappa shape index (κ1) is 12.1. The van der Waals surface area contributed by atoms with Gasteiger partial charge in [-0.1, -0.05) is 0 Å². The standard InChI is InChI=1S/C12H14N4O2/c1-16-10(4-7-15-16)3-6-14-11-8-9(12(17)18)2-5-13-11/h2,4-5,7-8H,3,6H2,1H3,(H,13,14)(H,17,18). The molecule has 2 aromatic heterocycles. The summed E-state index contributed by atoms with van der Waals surface area (Å²) in [6, 6.07) is 4.93. The van der Waals surface area contributed by atoms with Crippen LogP contribution < -0.4 is 5.32 Å². The number of aromatic nitrogens is 3. The quantitative estimate of drug-likeness (QED) is 0.827. The van der Waals surface area contributed by atoms with Gasteiger partial charge in [0.1, 0.15) is 5.82 Å². The Bertz CT molecular complexity index is 551. The molecule has 2 rings (SSSR count). The molecule has 0 fully saturated rings. The van der Waals surface area contributed by atoms with Crippen molar-refractivity contribution in [2.45, 2.75) is 6.42 Å². The predicted molar refractivity (Wildman–Crippen MR) is 66.6 cm³/mol. The van der Waals surface area contributed by atoms with E-state index >= 15 is 0 Å². The summed E-state index contributed by atoms with van der Waals surface area (Å²) in [5, 5.41) is 16.0. The molecule has 94 valence electrons. The van der Waals surface area contributed by atoms with E-state index in [4.69, 9.17) is 5.11 Å². The van der Waals surface area contributed by atoms with Crippen LogP contribution in [0.15, 0.2) is 30.6 Å². The average molecular weight is 246 g/mol. The number of aryl methyl sites for hydroxylation is 1. The van der Waals surface area contributed by atoms with Crippen molar-refractivity contribution in [2.24, 2.45) is 7.05 Å². The Morgan fingerprint density at radius 1 is 1.44 bits per heavy atom. The molecule has 0 spiro atoms. The second-order valence-corrected chi connectivity index (χ2v) is 3.86. The highest BCUT2D eigenvalue weighted by atomic mass is 16.4. The maximum absolute atomic E-state index is 10.8. The summed E-state index contributed by atoms with van der Waals surface area (Å²) in [5.74, 6) is -0.385. The van der Waals surface area contributed by atoms with Gasteiger partial charge < -0.3 is 10.4 Å². The molecule has 2 aromatic rings. The first-order valence-electron chi connectivity index (χ1n) is 5.57. The topological polar surface area (TPSA) is 80.0 Å². The fourth-order valence-electron chi connectivity index (χ4n) is 1.63. The van der Waals surface area contributed by atoms with E-state index in [2.05, 4.69) is 15.4 Å². The molecule has 6 heteroatoms. The molecule has 0 saturated carbocycles. The molecule has 2 N–H and O–H groups in total. The molecule has 0 amide bonds. The van der Waals surface area contributed by atoms with Crippen molar-refractivity contribution in [3.8, 4) is 0 Å². The monoisotopic (exact) mass is 246 g/mol. The first-order chi connectivity index (χ1) is 8.66. The maximum atomic E-state index is 10.8. The number of nitrogens with one attached hydrogen (secondary N) is 1. The van der Waals surface area contributed by atoms with Crippen LogP contribution in [0.2, 0.25) is 0 Å². The van der Waals surface area contributed by atoms with Gasteiger partial charge in [0.05, 0.1) is 5.56 Å². The van der Waals surface area contributed by atoms with Crippen molar-refractivity contribution in [3.63, 3.8) is 0 Å². The molecule has 0 atom stereocenters. The van der Waals surface area contributed by atoms with Gasteiger partial charge in [-0.2, -0.15) is 5.10 Å². The molecule has 18 heavy (non-hydrogen) atoms. The zero-order valence-electron chi connectivity index (χ0n) is 10.00. The number of rotatable bonds is 5. The summed E-state index contributed by atoms with van der Waals surface area (Å²) < 4.78 is 1.81. The molecule has 6 nitrogen and oxygen atoms in total. The Labute approximate surface area is 104 Å². The Kier molecular flexibility index (Phi) is 3.57. The van der Waals surface area contributed by atoms with Crippen molar-refractivity contribution in [1.82, 2.24) is 14.8 Å². The second-order valence-electron chi connectivity index (χ2n) is 3.86. The molecular formula is C12H14N4O2. The van der Waals surface area contributed by atoms with Crippen LogP contribution in [0.4, 0.5) is 5.82 Å². The fourth-order valence-corrected chi connectivity index (χ4v) is 1.63. The molecule has 0 radical (unpaired) electrons. The Morgan fingerprint density at radius 3 is 2.94 bits per heavy atom. The lowest BCUT2D eigenvalue weighted by Gasteiger charge is -2.06. The van der Waals surface area contributed by atoms with Crippen molar-refractivity contribution in [1.29, 1.82) is 0 Å². The molecule has 2 heterocycles. The number of hydrogen-bond donors (Lipinski definition) is 2. The SMILES string of the molecule is Cn1nccc1CCNc1cc(C(=O)O)ccn1. The van der Waals surface area contributed by atoms with Gasteiger partial charge in [0.2, 0.25) is 0 Å². The summed E-state index contributed by atoms with van der Waals surface area (Å²) in [5.41, 5.74) is 1.34. The molecule has 0 aliphatic heterocycles. The Morgan fingerprint density at radius 2 is 2.28 bits per heavy atom. The maximum Gasteiger partial charge on any atom is 0.335 e. The lowest BCUT2D eigenvalue weighted by Crippen LogP contribution is -2.10. The van der Waals surface area contributed by atoms with Crippen LogP contribution >= 0.6 is 0 Å². The van der Waals surface area contributed by atoms with Crippen LogP contribution in [-0.4, -0.2) is 32.4 Å². The molecule has 0 saturated heterocycles. The van der Waals surface area contributed by atoms with Gasteiger partial charge in [-0.15, -0.1) is 0 Å². The summed E-state index contributed by atoms with van der Waals surface area (Å²) in [6.45, 7) is 0.676. The van der Waals surface area contributed by atoms with Crippen LogP contribution in [0.1, 0.15) is 16.1 Å². The van der Waals surface area contributed by atoms with Crippen molar-refractivity contribution < 1.29 is 9.90 Å². The molecule has 0 aromatic carbocycles. The lowest BCUT2D eigenvalue weighted by atomic mass is 10.2. The number of carboxylic acids is 1. The minimum absolute atomic E-state index is 0.230. The van der Waals surface area contributed by atoms with Crippen LogP contribution in [0, 0.1) is 0 Å². The van der Waals surface area contributed by atoms with Crippen LogP contribution in [-0.2, 0) is 13.5 Å². The van der Waals surface area contributed by atoms with Gasteiger partial charge in [0, 0.05) is 38.1 Å². The highest BCUT2D eigenvalue weighted by molar-refractivity contribution is 5.88. The van der Waals surface area contributed by atoms with E-state index in [1.807, 2.05) is 17.8 Å². The third-order valence-corrected chi connectivity index (χ3v) is 2.62. The number of anilines is 1.